The molecule has 0 atom stereocenters. The zero-order valence-corrected chi connectivity index (χ0v) is 9.48. The van der Waals surface area contributed by atoms with Crippen LogP contribution in [0.25, 0.3) is 0 Å². The minimum atomic E-state index is 0.694. The van der Waals surface area contributed by atoms with Gasteiger partial charge in [0.25, 0.3) is 0 Å². The van der Waals surface area contributed by atoms with Gasteiger partial charge >= 0.3 is 0 Å². The first-order valence-corrected chi connectivity index (χ1v) is 5.45. The Hall–Kier alpha value is -1.45. The Morgan fingerprint density at radius 2 is 1.94 bits per heavy atom. The maximum atomic E-state index is 6.04. The molecule has 1 aromatic heterocycles. The number of benzene rings is 1. The number of hydrogen-bond acceptors (Lipinski definition) is 3. The monoisotopic (exact) mass is 233 g/mol. The third-order valence-electron chi connectivity index (χ3n) is 2.21. The molecule has 0 aliphatic carbocycles. The quantitative estimate of drug-likeness (QED) is 0.882. The summed E-state index contributed by atoms with van der Waals surface area (Å²) in [6.45, 7) is 1.43. The molecule has 0 amide bonds. The molecule has 3 nitrogen and oxygen atoms in total. The third-order valence-corrected chi connectivity index (χ3v) is 2.58. The van der Waals surface area contributed by atoms with Crippen LogP contribution < -0.4 is 5.32 Å². The molecule has 0 fully saturated rings. The minimum Gasteiger partial charge on any atom is -0.307 e. The lowest BCUT2D eigenvalue weighted by molar-refractivity contribution is 0.670. The Bertz CT molecular complexity index is 445. The molecule has 82 valence electrons. The summed E-state index contributed by atoms with van der Waals surface area (Å²) in [4.78, 5) is 0. The molecule has 1 N–H and O–H groups in total. The van der Waals surface area contributed by atoms with Gasteiger partial charge in [0.1, 0.15) is 0 Å². The average molecular weight is 234 g/mol. The normalized spacial score (nSPS) is 10.3. The van der Waals surface area contributed by atoms with Gasteiger partial charge in [-0.1, -0.05) is 29.8 Å². The minimum absolute atomic E-state index is 0.694. The van der Waals surface area contributed by atoms with Crippen LogP contribution in [0.2, 0.25) is 5.02 Å². The van der Waals surface area contributed by atoms with E-state index in [0.29, 0.717) is 6.54 Å². The Balaban J connectivity index is 1.87. The van der Waals surface area contributed by atoms with E-state index in [1.54, 1.807) is 6.20 Å². The zero-order chi connectivity index (χ0) is 11.2. The van der Waals surface area contributed by atoms with Crippen LogP contribution >= 0.6 is 11.6 Å². The molecular weight excluding hydrogens is 222 g/mol. The number of nitrogens with one attached hydrogen (secondary N) is 1. The molecule has 0 bridgehead atoms. The second kappa shape index (κ2) is 5.58. The fraction of sp³-hybridized carbons (Fsp3) is 0.167. The van der Waals surface area contributed by atoms with Crippen LogP contribution in [0.5, 0.6) is 0 Å². The van der Waals surface area contributed by atoms with Crippen molar-refractivity contribution in [1.29, 1.82) is 0 Å². The van der Waals surface area contributed by atoms with Crippen molar-refractivity contribution in [3.8, 4) is 0 Å². The van der Waals surface area contributed by atoms with E-state index in [1.807, 2.05) is 36.4 Å². The van der Waals surface area contributed by atoms with Gasteiger partial charge in [-0.15, -0.1) is 0 Å². The van der Waals surface area contributed by atoms with Crippen molar-refractivity contribution < 1.29 is 0 Å². The Kier molecular flexibility index (Phi) is 3.86. The smallest absolute Gasteiger partial charge is 0.0769 e. The average Bonchev–Trinajstić information content (AvgIpc) is 2.33. The maximum Gasteiger partial charge on any atom is 0.0769 e. The maximum absolute atomic E-state index is 6.04. The van der Waals surface area contributed by atoms with Crippen molar-refractivity contribution in [3.05, 3.63) is 58.9 Å². The number of hydrogen-bond donors (Lipinski definition) is 1. The van der Waals surface area contributed by atoms with Crippen molar-refractivity contribution in [1.82, 2.24) is 15.5 Å². The van der Waals surface area contributed by atoms with E-state index in [-0.39, 0.29) is 0 Å². The fourth-order valence-corrected chi connectivity index (χ4v) is 1.60. The Morgan fingerprint density at radius 1 is 1.06 bits per heavy atom. The second-order valence-corrected chi connectivity index (χ2v) is 3.82. The van der Waals surface area contributed by atoms with Crippen molar-refractivity contribution in [2.24, 2.45) is 0 Å². The van der Waals surface area contributed by atoms with Gasteiger partial charge < -0.3 is 5.32 Å². The van der Waals surface area contributed by atoms with Gasteiger partial charge in [0.15, 0.2) is 0 Å². The summed E-state index contributed by atoms with van der Waals surface area (Å²) >= 11 is 6.04. The fourth-order valence-electron chi connectivity index (χ4n) is 1.39. The molecule has 0 saturated heterocycles. The molecule has 0 spiro atoms. The summed E-state index contributed by atoms with van der Waals surface area (Å²) < 4.78 is 0. The zero-order valence-electron chi connectivity index (χ0n) is 8.73. The topological polar surface area (TPSA) is 37.8 Å². The first kappa shape index (κ1) is 11.0. The first-order chi connectivity index (χ1) is 7.86. The van der Waals surface area contributed by atoms with E-state index >= 15 is 0 Å². The van der Waals surface area contributed by atoms with Crippen LogP contribution in [0.4, 0.5) is 0 Å². The molecule has 0 saturated carbocycles. The second-order valence-electron chi connectivity index (χ2n) is 3.41. The molecule has 0 aliphatic rings. The van der Waals surface area contributed by atoms with E-state index in [9.17, 15) is 0 Å². The SMILES string of the molecule is Clc1ccccc1CNCc1cccnn1. The first-order valence-electron chi connectivity index (χ1n) is 5.07. The van der Waals surface area contributed by atoms with Crippen molar-refractivity contribution in [3.63, 3.8) is 0 Å². The molecule has 2 aromatic rings. The molecule has 2 rings (SSSR count). The molecule has 0 radical (unpaired) electrons. The van der Waals surface area contributed by atoms with Crippen LogP contribution in [0.1, 0.15) is 11.3 Å². The summed E-state index contributed by atoms with van der Waals surface area (Å²) in [5, 5.41) is 11.9. The molecule has 0 aliphatic heterocycles. The summed E-state index contributed by atoms with van der Waals surface area (Å²) in [5.41, 5.74) is 2.02. The van der Waals surface area contributed by atoms with Crippen LogP contribution in [0.15, 0.2) is 42.6 Å². The summed E-state index contributed by atoms with van der Waals surface area (Å²) in [6, 6.07) is 11.6. The lowest BCUT2D eigenvalue weighted by Gasteiger charge is -2.05. The van der Waals surface area contributed by atoms with Crippen LogP contribution in [-0.2, 0) is 13.1 Å². The number of halogens is 1. The van der Waals surface area contributed by atoms with E-state index < -0.39 is 0 Å². The largest absolute Gasteiger partial charge is 0.307 e. The lowest BCUT2D eigenvalue weighted by atomic mass is 10.2. The van der Waals surface area contributed by atoms with Gasteiger partial charge in [-0.05, 0) is 23.8 Å². The third kappa shape index (κ3) is 3.02. The van der Waals surface area contributed by atoms with E-state index in [0.717, 1.165) is 22.8 Å². The molecule has 16 heavy (non-hydrogen) atoms. The number of nitrogens with zero attached hydrogens (tertiary/aromatic N) is 2. The van der Waals surface area contributed by atoms with Gasteiger partial charge in [0.05, 0.1) is 5.69 Å². The number of rotatable bonds is 4. The molecule has 1 aromatic carbocycles. The van der Waals surface area contributed by atoms with Gasteiger partial charge in [-0.2, -0.15) is 10.2 Å². The number of aromatic nitrogens is 2. The highest BCUT2D eigenvalue weighted by molar-refractivity contribution is 6.31. The summed E-state index contributed by atoms with van der Waals surface area (Å²) in [7, 11) is 0. The van der Waals surface area contributed by atoms with Gasteiger partial charge in [-0.25, -0.2) is 0 Å². The van der Waals surface area contributed by atoms with Gasteiger partial charge in [0, 0.05) is 24.3 Å². The van der Waals surface area contributed by atoms with Crippen LogP contribution in [0.3, 0.4) is 0 Å². The van der Waals surface area contributed by atoms with Crippen LogP contribution in [-0.4, -0.2) is 10.2 Å². The Labute approximate surface area is 99.5 Å². The van der Waals surface area contributed by atoms with E-state index in [1.165, 1.54) is 0 Å². The van der Waals surface area contributed by atoms with Crippen molar-refractivity contribution >= 4 is 11.6 Å². The summed E-state index contributed by atoms with van der Waals surface area (Å²) in [5.74, 6) is 0. The van der Waals surface area contributed by atoms with Crippen molar-refractivity contribution in [2.75, 3.05) is 0 Å². The van der Waals surface area contributed by atoms with Gasteiger partial charge in [-0.3, -0.25) is 0 Å². The van der Waals surface area contributed by atoms with E-state index in [4.69, 9.17) is 11.6 Å². The van der Waals surface area contributed by atoms with Gasteiger partial charge in [0.2, 0.25) is 0 Å². The Morgan fingerprint density at radius 3 is 2.69 bits per heavy atom. The molecule has 1 heterocycles. The predicted molar refractivity (Wildman–Crippen MR) is 64.0 cm³/mol. The highest BCUT2D eigenvalue weighted by Crippen LogP contribution is 2.14. The summed E-state index contributed by atoms with van der Waals surface area (Å²) in [6.07, 6.45) is 1.66. The standard InChI is InChI=1S/C12H12ClN3/c13-12-6-2-1-4-10(12)8-14-9-11-5-3-7-15-16-11/h1-7,14H,8-9H2. The molecule has 0 unspecified atom stereocenters. The van der Waals surface area contributed by atoms with Crippen LogP contribution in [0, 0.1) is 0 Å². The highest BCUT2D eigenvalue weighted by atomic mass is 35.5. The highest BCUT2D eigenvalue weighted by Gasteiger charge is 1.98. The van der Waals surface area contributed by atoms with Crippen molar-refractivity contribution in [2.45, 2.75) is 13.1 Å². The molecule has 4 heteroatoms. The lowest BCUT2D eigenvalue weighted by Crippen LogP contribution is -2.14. The predicted octanol–water partition coefficient (Wildman–Crippen LogP) is 2.42. The van der Waals surface area contributed by atoms with E-state index in [2.05, 4.69) is 15.5 Å². The molecular formula is C12H12ClN3.